The van der Waals surface area contributed by atoms with Gasteiger partial charge in [-0.2, -0.15) is 0 Å². The smallest absolute Gasteiger partial charge is 0.263 e. The Morgan fingerprint density at radius 2 is 1.57 bits per heavy atom. The van der Waals surface area contributed by atoms with Crippen LogP contribution in [-0.2, 0) is 4.79 Å². The average Bonchev–Trinajstić information content (AvgIpc) is 2.48. The van der Waals surface area contributed by atoms with Crippen LogP contribution < -0.4 is 0 Å². The molecule has 0 aliphatic carbocycles. The van der Waals surface area contributed by atoms with E-state index in [1.807, 2.05) is 0 Å². The van der Waals surface area contributed by atoms with Gasteiger partial charge in [0.2, 0.25) is 5.24 Å². The number of rotatable bonds is 5. The van der Waals surface area contributed by atoms with Crippen molar-refractivity contribution in [3.8, 4) is 0 Å². The highest BCUT2D eigenvalue weighted by atomic mass is 35.5. The molecule has 0 radical (unpaired) electrons. The second kappa shape index (κ2) is 6.81. The Kier molecular flexibility index (Phi) is 4.85. The molecule has 21 heavy (non-hydrogen) atoms. The maximum Gasteiger partial charge on any atom is 0.263 e. The molecule has 1 unspecified atom stereocenters. The summed E-state index contributed by atoms with van der Waals surface area (Å²) in [5.74, 6) is 0. The third-order valence-corrected chi connectivity index (χ3v) is 3.11. The zero-order valence-corrected chi connectivity index (χ0v) is 11.7. The lowest BCUT2D eigenvalue weighted by Crippen LogP contribution is -2.13. The first-order valence-electron chi connectivity index (χ1n) is 6.24. The van der Waals surface area contributed by atoms with Crippen LogP contribution in [-0.4, -0.2) is 10.2 Å². The van der Waals surface area contributed by atoms with E-state index in [2.05, 4.69) is 0 Å². The molecule has 0 bridgehead atoms. The summed E-state index contributed by atoms with van der Waals surface area (Å²) in [6.45, 7) is 0. The molecule has 0 N–H and O–H groups in total. The number of nitro groups is 1. The van der Waals surface area contributed by atoms with Gasteiger partial charge >= 0.3 is 0 Å². The van der Waals surface area contributed by atoms with Crippen LogP contribution >= 0.6 is 11.6 Å². The molecule has 0 spiro atoms. The molecule has 0 amide bonds. The summed E-state index contributed by atoms with van der Waals surface area (Å²) in [6, 6.07) is 16.1. The Balaban J connectivity index is 2.58. The van der Waals surface area contributed by atoms with Crippen molar-refractivity contribution < 1.29 is 9.72 Å². The quantitative estimate of drug-likeness (QED) is 0.365. The Bertz CT molecular complexity index is 668. The molecule has 0 saturated carbocycles. The summed E-state index contributed by atoms with van der Waals surface area (Å²) in [6.07, 6.45) is 1.11. The molecular formula is C16H12ClNO3. The molecule has 1 atom stereocenters. The van der Waals surface area contributed by atoms with Gasteiger partial charge in [-0.3, -0.25) is 14.9 Å². The summed E-state index contributed by atoms with van der Waals surface area (Å²) in [5.41, 5.74) is 1.36. The SMILES string of the molecule is O=C(Cl)C=C(c1ccccc1)C(c1ccccc1)[N+](=O)[O-]. The molecule has 0 aromatic heterocycles. The number of nitrogens with zero attached hydrogens (tertiary/aromatic N) is 1. The number of carbonyl (C=O) groups excluding carboxylic acids is 1. The second-order valence-electron chi connectivity index (χ2n) is 4.37. The fraction of sp³-hybridized carbons (Fsp3) is 0.0625. The Hall–Kier alpha value is -2.46. The minimum absolute atomic E-state index is 0.270. The monoisotopic (exact) mass is 301 g/mol. The summed E-state index contributed by atoms with van der Waals surface area (Å²) in [5, 5.41) is 10.8. The van der Waals surface area contributed by atoms with Gasteiger partial charge in [-0.25, -0.2) is 0 Å². The van der Waals surface area contributed by atoms with E-state index in [1.54, 1.807) is 60.7 Å². The van der Waals surface area contributed by atoms with Crippen molar-refractivity contribution >= 4 is 22.4 Å². The van der Waals surface area contributed by atoms with E-state index in [4.69, 9.17) is 11.6 Å². The molecular weight excluding hydrogens is 290 g/mol. The summed E-state index contributed by atoms with van der Waals surface area (Å²) >= 11 is 5.42. The van der Waals surface area contributed by atoms with Gasteiger partial charge in [0, 0.05) is 22.1 Å². The Morgan fingerprint density at radius 1 is 1.05 bits per heavy atom. The molecule has 0 heterocycles. The topological polar surface area (TPSA) is 60.2 Å². The molecule has 2 aromatic carbocycles. The van der Waals surface area contributed by atoms with Crippen molar-refractivity contribution in [3.63, 3.8) is 0 Å². The fourth-order valence-corrected chi connectivity index (χ4v) is 2.24. The predicted molar refractivity (Wildman–Crippen MR) is 81.5 cm³/mol. The van der Waals surface area contributed by atoms with Crippen molar-refractivity contribution in [2.75, 3.05) is 0 Å². The first kappa shape index (κ1) is 14.9. The number of carbonyl (C=O) groups is 1. The molecule has 0 aliphatic rings. The lowest BCUT2D eigenvalue weighted by molar-refractivity contribution is -0.511. The number of allylic oxidation sites excluding steroid dienone is 1. The molecule has 5 heteroatoms. The van der Waals surface area contributed by atoms with Gasteiger partial charge in [0.1, 0.15) is 0 Å². The molecule has 2 rings (SSSR count). The summed E-state index contributed by atoms with van der Waals surface area (Å²) < 4.78 is 0. The van der Waals surface area contributed by atoms with Crippen LogP contribution in [0.25, 0.3) is 5.57 Å². The van der Waals surface area contributed by atoms with Crippen LogP contribution in [0.1, 0.15) is 17.2 Å². The first-order valence-corrected chi connectivity index (χ1v) is 6.62. The third-order valence-electron chi connectivity index (χ3n) is 3.00. The summed E-state index contributed by atoms with van der Waals surface area (Å²) in [7, 11) is 0. The van der Waals surface area contributed by atoms with Gasteiger partial charge < -0.3 is 0 Å². The van der Waals surface area contributed by atoms with Gasteiger partial charge in [0.15, 0.2) is 0 Å². The van der Waals surface area contributed by atoms with Crippen molar-refractivity contribution in [2.45, 2.75) is 6.04 Å². The van der Waals surface area contributed by atoms with Crippen molar-refractivity contribution in [3.05, 3.63) is 88.0 Å². The van der Waals surface area contributed by atoms with Crippen LogP contribution in [0.2, 0.25) is 0 Å². The standard InChI is InChI=1S/C16H12ClNO3/c17-15(19)11-14(12-7-3-1-4-8-12)16(18(20)21)13-9-5-2-6-10-13/h1-11,16H. The third kappa shape index (κ3) is 3.77. The second-order valence-corrected chi connectivity index (χ2v) is 4.74. The lowest BCUT2D eigenvalue weighted by Gasteiger charge is -2.14. The zero-order valence-electron chi connectivity index (χ0n) is 11.0. The molecule has 106 valence electrons. The highest BCUT2D eigenvalue weighted by Crippen LogP contribution is 2.32. The number of benzene rings is 2. The van der Waals surface area contributed by atoms with E-state index >= 15 is 0 Å². The van der Waals surface area contributed by atoms with Gasteiger partial charge in [0.25, 0.3) is 6.04 Å². The van der Waals surface area contributed by atoms with Crippen LogP contribution in [0.4, 0.5) is 0 Å². The minimum atomic E-state index is -1.14. The van der Waals surface area contributed by atoms with Crippen LogP contribution in [0.5, 0.6) is 0 Å². The van der Waals surface area contributed by atoms with Crippen LogP contribution in [0, 0.1) is 10.1 Å². The van der Waals surface area contributed by atoms with E-state index in [0.717, 1.165) is 6.08 Å². The van der Waals surface area contributed by atoms with E-state index in [0.29, 0.717) is 11.1 Å². The molecule has 4 nitrogen and oxygen atoms in total. The molecule has 0 saturated heterocycles. The summed E-state index contributed by atoms with van der Waals surface area (Å²) in [4.78, 5) is 22.3. The maximum absolute atomic E-state index is 11.5. The largest absolute Gasteiger partial charge is 0.276 e. The van der Waals surface area contributed by atoms with Gasteiger partial charge in [0.05, 0.1) is 0 Å². The van der Waals surface area contributed by atoms with Crippen LogP contribution in [0.15, 0.2) is 66.7 Å². The Labute approximate surface area is 126 Å². The van der Waals surface area contributed by atoms with E-state index in [1.165, 1.54) is 0 Å². The van der Waals surface area contributed by atoms with E-state index in [-0.39, 0.29) is 5.57 Å². The molecule has 2 aromatic rings. The maximum atomic E-state index is 11.5. The average molecular weight is 302 g/mol. The molecule has 0 fully saturated rings. The number of hydrogen-bond donors (Lipinski definition) is 0. The number of halogens is 1. The van der Waals surface area contributed by atoms with Crippen LogP contribution in [0.3, 0.4) is 0 Å². The van der Waals surface area contributed by atoms with Gasteiger partial charge in [-0.1, -0.05) is 60.7 Å². The highest BCUT2D eigenvalue weighted by molar-refractivity contribution is 6.67. The lowest BCUT2D eigenvalue weighted by atomic mass is 9.93. The minimum Gasteiger partial charge on any atom is -0.276 e. The van der Waals surface area contributed by atoms with Gasteiger partial charge in [-0.05, 0) is 17.2 Å². The van der Waals surface area contributed by atoms with E-state index in [9.17, 15) is 14.9 Å². The highest BCUT2D eigenvalue weighted by Gasteiger charge is 2.29. The van der Waals surface area contributed by atoms with Crippen molar-refractivity contribution in [1.29, 1.82) is 0 Å². The fourth-order valence-electron chi connectivity index (χ4n) is 2.12. The molecule has 0 aliphatic heterocycles. The van der Waals surface area contributed by atoms with Gasteiger partial charge in [-0.15, -0.1) is 0 Å². The normalized spacial score (nSPS) is 12.7. The van der Waals surface area contributed by atoms with Crippen molar-refractivity contribution in [2.24, 2.45) is 0 Å². The number of hydrogen-bond acceptors (Lipinski definition) is 3. The Morgan fingerprint density at radius 3 is 2.05 bits per heavy atom. The predicted octanol–water partition coefficient (Wildman–Crippen LogP) is 3.85. The van der Waals surface area contributed by atoms with Crippen molar-refractivity contribution in [1.82, 2.24) is 0 Å². The first-order chi connectivity index (χ1) is 10.1. The zero-order chi connectivity index (χ0) is 15.2. The van der Waals surface area contributed by atoms with E-state index < -0.39 is 16.2 Å².